The van der Waals surface area contributed by atoms with Crippen LogP contribution in [0.1, 0.15) is 5.56 Å². The smallest absolute Gasteiger partial charge is 0.378 e. The zero-order chi connectivity index (χ0) is 23.4. The summed E-state index contributed by atoms with van der Waals surface area (Å²) in [7, 11) is 3.45. The lowest BCUT2D eigenvalue weighted by atomic mass is 10.1. The number of hydrogen-bond acceptors (Lipinski definition) is 8. The van der Waals surface area contributed by atoms with Crippen molar-refractivity contribution in [2.45, 2.75) is 6.18 Å². The lowest BCUT2D eigenvalue weighted by Crippen LogP contribution is -2.39. The first kappa shape index (κ1) is 23.2. The lowest BCUT2D eigenvalue weighted by Gasteiger charge is -2.31. The van der Waals surface area contributed by atoms with Crippen molar-refractivity contribution in [3.05, 3.63) is 23.9 Å². The van der Waals surface area contributed by atoms with Crippen LogP contribution in [0.15, 0.2) is 23.3 Å². The predicted molar refractivity (Wildman–Crippen MR) is 118 cm³/mol. The molecule has 2 saturated heterocycles. The van der Waals surface area contributed by atoms with Gasteiger partial charge in [0.05, 0.1) is 44.0 Å². The number of alkyl halides is 3. The van der Waals surface area contributed by atoms with Gasteiger partial charge in [-0.15, -0.1) is 0 Å². The zero-order valence-corrected chi connectivity index (χ0v) is 18.5. The molecular formula is C21H26F3N7O2. The summed E-state index contributed by atoms with van der Waals surface area (Å²) < 4.78 is 52.9. The average molecular weight is 465 g/mol. The minimum absolute atomic E-state index is 0.0318. The second-order valence-electron chi connectivity index (χ2n) is 7.90. The molecule has 4 rings (SSSR count). The molecule has 178 valence electrons. The summed E-state index contributed by atoms with van der Waals surface area (Å²) in [5.41, 5.74) is -0.795. The van der Waals surface area contributed by atoms with Crippen molar-refractivity contribution in [3.63, 3.8) is 0 Å². The highest BCUT2D eigenvalue weighted by atomic mass is 19.4. The number of pyridine rings is 1. The third kappa shape index (κ3) is 5.69. The van der Waals surface area contributed by atoms with E-state index in [1.54, 1.807) is 25.1 Å². The molecule has 2 aromatic heterocycles. The molecular weight excluding hydrogens is 439 g/mol. The van der Waals surface area contributed by atoms with Gasteiger partial charge in [-0.1, -0.05) is 0 Å². The molecule has 0 atom stereocenters. The normalized spacial score (nSPS) is 17.6. The molecule has 0 unspecified atom stereocenters. The molecule has 0 saturated carbocycles. The molecule has 2 fully saturated rings. The fourth-order valence-corrected chi connectivity index (χ4v) is 3.55. The van der Waals surface area contributed by atoms with Crippen molar-refractivity contribution >= 4 is 23.9 Å². The Labute approximate surface area is 189 Å². The van der Waals surface area contributed by atoms with Gasteiger partial charge in [0.25, 0.3) is 0 Å². The van der Waals surface area contributed by atoms with E-state index in [9.17, 15) is 13.2 Å². The number of ether oxygens (including phenoxy) is 2. The maximum Gasteiger partial charge on any atom is 0.417 e. The van der Waals surface area contributed by atoms with Gasteiger partial charge in [0.15, 0.2) is 5.82 Å². The van der Waals surface area contributed by atoms with Crippen molar-refractivity contribution in [2.24, 2.45) is 4.99 Å². The second-order valence-corrected chi connectivity index (χ2v) is 7.90. The summed E-state index contributed by atoms with van der Waals surface area (Å²) in [6.45, 7) is 4.40. The summed E-state index contributed by atoms with van der Waals surface area (Å²) in [5, 5.41) is 0. The number of aliphatic imine (C=N–C) groups is 1. The predicted octanol–water partition coefficient (Wildman–Crippen LogP) is 2.45. The van der Waals surface area contributed by atoms with Gasteiger partial charge in [0, 0.05) is 58.1 Å². The Morgan fingerprint density at radius 3 is 2.21 bits per heavy atom. The fourth-order valence-electron chi connectivity index (χ4n) is 3.55. The SMILES string of the molecule is CN(C)/C=N/c1cc(C(F)(F)F)c(-c2cc(N3CCOCC3)nc(N3CCOCC3)n2)cn1. The molecule has 0 aliphatic carbocycles. The van der Waals surface area contributed by atoms with Gasteiger partial charge < -0.3 is 24.2 Å². The van der Waals surface area contributed by atoms with E-state index in [2.05, 4.69) is 19.9 Å². The van der Waals surface area contributed by atoms with Crippen LogP contribution in [-0.2, 0) is 15.7 Å². The number of morpholine rings is 2. The molecule has 12 heteroatoms. The van der Waals surface area contributed by atoms with Crippen LogP contribution >= 0.6 is 0 Å². The number of hydrogen-bond donors (Lipinski definition) is 0. The van der Waals surface area contributed by atoms with E-state index >= 15 is 0 Å². The second kappa shape index (κ2) is 9.87. The van der Waals surface area contributed by atoms with Gasteiger partial charge in [0.2, 0.25) is 5.95 Å². The standard InChI is InChI=1S/C21H26F3N7O2/c1-29(2)14-26-18-11-16(21(22,23)24)15(13-25-18)17-12-19(30-3-7-32-8-4-30)28-20(27-17)31-5-9-33-10-6-31/h11-14H,3-10H2,1-2H3/b26-14+. The highest BCUT2D eigenvalue weighted by Crippen LogP contribution is 2.39. The molecule has 9 nitrogen and oxygen atoms in total. The van der Waals surface area contributed by atoms with Crippen LogP contribution in [0.4, 0.5) is 30.8 Å². The van der Waals surface area contributed by atoms with Crippen molar-refractivity contribution < 1.29 is 22.6 Å². The molecule has 0 bridgehead atoms. The van der Waals surface area contributed by atoms with Crippen LogP contribution in [0.25, 0.3) is 11.3 Å². The van der Waals surface area contributed by atoms with Crippen LogP contribution in [-0.4, -0.2) is 92.9 Å². The van der Waals surface area contributed by atoms with E-state index in [0.29, 0.717) is 64.4 Å². The lowest BCUT2D eigenvalue weighted by molar-refractivity contribution is -0.137. The molecule has 0 spiro atoms. The Kier molecular flexibility index (Phi) is 6.94. The number of rotatable bonds is 5. The maximum atomic E-state index is 14.0. The minimum Gasteiger partial charge on any atom is -0.378 e. The molecule has 0 radical (unpaired) electrons. The molecule has 0 aromatic carbocycles. The van der Waals surface area contributed by atoms with Crippen LogP contribution in [0.5, 0.6) is 0 Å². The van der Waals surface area contributed by atoms with E-state index in [1.807, 2.05) is 9.80 Å². The number of nitrogens with zero attached hydrogens (tertiary/aromatic N) is 7. The highest BCUT2D eigenvalue weighted by Gasteiger charge is 2.35. The zero-order valence-electron chi connectivity index (χ0n) is 18.5. The largest absolute Gasteiger partial charge is 0.417 e. The van der Waals surface area contributed by atoms with Gasteiger partial charge in [-0.05, 0) is 6.07 Å². The summed E-state index contributed by atoms with van der Waals surface area (Å²) >= 11 is 0. The van der Waals surface area contributed by atoms with Crippen molar-refractivity contribution in [3.8, 4) is 11.3 Å². The molecule has 0 N–H and O–H groups in total. The van der Waals surface area contributed by atoms with Gasteiger partial charge in [0.1, 0.15) is 5.82 Å². The molecule has 33 heavy (non-hydrogen) atoms. The summed E-state index contributed by atoms with van der Waals surface area (Å²) in [4.78, 5) is 22.9. The van der Waals surface area contributed by atoms with E-state index in [1.165, 1.54) is 12.5 Å². The van der Waals surface area contributed by atoms with Gasteiger partial charge in [-0.25, -0.2) is 15.0 Å². The Morgan fingerprint density at radius 1 is 0.970 bits per heavy atom. The van der Waals surface area contributed by atoms with E-state index in [0.717, 1.165) is 6.07 Å². The van der Waals surface area contributed by atoms with Crippen LogP contribution in [0.2, 0.25) is 0 Å². The first-order valence-electron chi connectivity index (χ1n) is 10.6. The number of aromatic nitrogens is 3. The minimum atomic E-state index is -4.61. The van der Waals surface area contributed by atoms with Crippen LogP contribution < -0.4 is 9.80 Å². The van der Waals surface area contributed by atoms with Crippen molar-refractivity contribution in [1.29, 1.82) is 0 Å². The summed E-state index contributed by atoms with van der Waals surface area (Å²) in [5.74, 6) is 0.906. The van der Waals surface area contributed by atoms with Gasteiger partial charge >= 0.3 is 6.18 Å². The monoisotopic (exact) mass is 465 g/mol. The quantitative estimate of drug-likeness (QED) is 0.492. The van der Waals surface area contributed by atoms with Gasteiger partial charge in [-0.2, -0.15) is 18.2 Å². The first-order valence-corrected chi connectivity index (χ1v) is 10.6. The van der Waals surface area contributed by atoms with Crippen molar-refractivity contribution in [1.82, 2.24) is 19.9 Å². The third-order valence-corrected chi connectivity index (χ3v) is 5.22. The Morgan fingerprint density at radius 2 is 1.61 bits per heavy atom. The van der Waals surface area contributed by atoms with E-state index < -0.39 is 11.7 Å². The van der Waals surface area contributed by atoms with E-state index in [-0.39, 0.29) is 17.1 Å². The molecule has 0 amide bonds. The Bertz CT molecular complexity index is 952. The maximum absolute atomic E-state index is 14.0. The Balaban J connectivity index is 1.80. The Hall–Kier alpha value is -2.99. The molecule has 2 aliphatic rings. The fraction of sp³-hybridized carbons (Fsp3) is 0.524. The first-order chi connectivity index (χ1) is 15.8. The van der Waals surface area contributed by atoms with Crippen LogP contribution in [0, 0.1) is 0 Å². The highest BCUT2D eigenvalue weighted by molar-refractivity contribution is 5.70. The van der Waals surface area contributed by atoms with E-state index in [4.69, 9.17) is 9.47 Å². The molecule has 4 heterocycles. The average Bonchev–Trinajstić information content (AvgIpc) is 2.83. The van der Waals surface area contributed by atoms with Gasteiger partial charge in [-0.3, -0.25) is 0 Å². The topological polar surface area (TPSA) is 79.2 Å². The molecule has 2 aliphatic heterocycles. The summed E-state index contributed by atoms with van der Waals surface area (Å²) in [6, 6.07) is 2.53. The third-order valence-electron chi connectivity index (χ3n) is 5.22. The number of anilines is 2. The number of halogens is 3. The summed E-state index contributed by atoms with van der Waals surface area (Å²) in [6.07, 6.45) is -2.02. The van der Waals surface area contributed by atoms with Crippen LogP contribution in [0.3, 0.4) is 0 Å². The molecule has 2 aromatic rings. The van der Waals surface area contributed by atoms with Crippen molar-refractivity contribution in [2.75, 3.05) is 76.5 Å².